The van der Waals surface area contributed by atoms with Gasteiger partial charge in [0.15, 0.2) is 17.6 Å². The van der Waals surface area contributed by atoms with Crippen molar-refractivity contribution in [3.05, 3.63) is 68.4 Å². The Morgan fingerprint density at radius 1 is 1.28 bits per heavy atom. The van der Waals surface area contributed by atoms with E-state index < -0.39 is 17.6 Å². The molecule has 3 rings (SSSR count). The molecule has 0 amide bonds. The zero-order valence-corrected chi connectivity index (χ0v) is 21.5. The molecule has 0 saturated heterocycles. The molecule has 1 unspecified atom stereocenters. The van der Waals surface area contributed by atoms with Gasteiger partial charge in [0.25, 0.3) is 5.56 Å². The van der Waals surface area contributed by atoms with Crippen LogP contribution in [0.3, 0.4) is 0 Å². The third kappa shape index (κ3) is 6.49. The van der Waals surface area contributed by atoms with Crippen molar-refractivity contribution in [3.8, 4) is 28.8 Å². The lowest BCUT2D eigenvalue weighted by molar-refractivity contribution is -0.150. The summed E-state index contributed by atoms with van der Waals surface area (Å²) in [6, 6.07) is 14.2. The second-order valence-electron chi connectivity index (χ2n) is 7.26. The zero-order valence-electron chi connectivity index (χ0n) is 19.9. The Hall–Kier alpha value is -4.17. The maximum absolute atomic E-state index is 12.4. The minimum absolute atomic E-state index is 0.0708. The van der Waals surface area contributed by atoms with Gasteiger partial charge < -0.3 is 14.2 Å². The van der Waals surface area contributed by atoms with E-state index in [0.29, 0.717) is 33.7 Å². The molecule has 1 heterocycles. The van der Waals surface area contributed by atoms with Gasteiger partial charge in [0.1, 0.15) is 11.6 Å². The number of H-pyrrole nitrogens is 1. The molecule has 0 fully saturated rings. The van der Waals surface area contributed by atoms with E-state index in [4.69, 9.17) is 14.2 Å². The smallest absolute Gasteiger partial charge is 0.347 e. The number of anilines is 1. The predicted octanol–water partition coefficient (Wildman–Crippen LogP) is 4.25. The van der Waals surface area contributed by atoms with Crippen LogP contribution in [-0.2, 0) is 9.53 Å². The van der Waals surface area contributed by atoms with Crippen LogP contribution in [-0.4, -0.2) is 41.5 Å². The number of hydrazone groups is 1. The van der Waals surface area contributed by atoms with E-state index in [2.05, 4.69) is 36.4 Å². The zero-order chi connectivity index (χ0) is 26.1. The fourth-order valence-corrected chi connectivity index (χ4v) is 3.68. The van der Waals surface area contributed by atoms with Crippen LogP contribution in [0.25, 0.3) is 11.3 Å². The Morgan fingerprint density at radius 3 is 2.69 bits per heavy atom. The van der Waals surface area contributed by atoms with E-state index in [0.717, 1.165) is 0 Å². The number of nitrogens with one attached hydrogen (secondary N) is 2. The van der Waals surface area contributed by atoms with Crippen LogP contribution < -0.4 is 20.5 Å². The summed E-state index contributed by atoms with van der Waals surface area (Å²) < 4.78 is 17.0. The molecule has 0 aliphatic heterocycles. The van der Waals surface area contributed by atoms with Crippen molar-refractivity contribution in [1.82, 2.24) is 9.97 Å². The summed E-state index contributed by atoms with van der Waals surface area (Å²) in [4.78, 5) is 31.2. The normalized spacial score (nSPS) is 11.5. The number of rotatable bonds is 10. The fourth-order valence-electron chi connectivity index (χ4n) is 3.13. The highest BCUT2D eigenvalue weighted by Gasteiger charge is 2.21. The number of nitriles is 1. The Bertz CT molecular complexity index is 1350. The summed E-state index contributed by atoms with van der Waals surface area (Å²) in [5, 5.41) is 13.5. The Labute approximate surface area is 216 Å². The molecular weight excluding hydrogens is 530 g/mol. The van der Waals surface area contributed by atoms with Gasteiger partial charge in [0.2, 0.25) is 5.95 Å². The standard InChI is InChI=1S/C25H24BrN5O5/c1-4-34-20-12-16(11-19(26)22(20)36-15(3)24(33)35-5-2)14-28-31-25-29-21(17-9-7-6-8-10-17)18(13-27)23(32)30-25/h6-12,14-15H,4-5H2,1-3H3,(H2,29,30,31,32). The molecule has 0 spiro atoms. The first kappa shape index (κ1) is 26.4. The first-order chi connectivity index (χ1) is 17.4. The number of aromatic nitrogens is 2. The third-order valence-electron chi connectivity index (χ3n) is 4.71. The molecule has 0 saturated carbocycles. The van der Waals surface area contributed by atoms with E-state index in [1.54, 1.807) is 50.2 Å². The van der Waals surface area contributed by atoms with Crippen LogP contribution in [0.5, 0.6) is 11.5 Å². The molecule has 0 aliphatic rings. The third-order valence-corrected chi connectivity index (χ3v) is 5.30. The summed E-state index contributed by atoms with van der Waals surface area (Å²) in [6.45, 7) is 5.76. The quantitative estimate of drug-likeness (QED) is 0.216. The van der Waals surface area contributed by atoms with Crippen LogP contribution in [0.15, 0.2) is 56.8 Å². The van der Waals surface area contributed by atoms with Crippen LogP contribution in [0.4, 0.5) is 5.95 Å². The Balaban J connectivity index is 1.85. The number of nitrogens with zero attached hydrogens (tertiary/aromatic N) is 3. The molecule has 0 radical (unpaired) electrons. The van der Waals surface area contributed by atoms with E-state index in [-0.39, 0.29) is 23.8 Å². The van der Waals surface area contributed by atoms with Crippen molar-refractivity contribution in [1.29, 1.82) is 5.26 Å². The van der Waals surface area contributed by atoms with Crippen LogP contribution in [0, 0.1) is 11.3 Å². The van der Waals surface area contributed by atoms with Gasteiger partial charge in [0, 0.05) is 5.56 Å². The number of hydrogen-bond acceptors (Lipinski definition) is 9. The first-order valence-corrected chi connectivity index (χ1v) is 11.9. The summed E-state index contributed by atoms with van der Waals surface area (Å²) >= 11 is 3.45. The number of esters is 1. The highest BCUT2D eigenvalue weighted by Crippen LogP contribution is 2.37. The number of benzene rings is 2. The van der Waals surface area contributed by atoms with Gasteiger partial charge in [-0.05, 0) is 54.4 Å². The molecule has 2 aromatic carbocycles. The first-order valence-electron chi connectivity index (χ1n) is 11.1. The van der Waals surface area contributed by atoms with Gasteiger partial charge in [-0.25, -0.2) is 15.2 Å². The van der Waals surface area contributed by atoms with E-state index in [9.17, 15) is 14.9 Å². The van der Waals surface area contributed by atoms with Gasteiger partial charge in [-0.2, -0.15) is 10.4 Å². The second-order valence-corrected chi connectivity index (χ2v) is 8.12. The average Bonchev–Trinajstić information content (AvgIpc) is 2.86. The molecule has 36 heavy (non-hydrogen) atoms. The van der Waals surface area contributed by atoms with Gasteiger partial charge in [0.05, 0.1) is 29.6 Å². The number of halogens is 1. The van der Waals surface area contributed by atoms with E-state index in [1.165, 1.54) is 6.21 Å². The van der Waals surface area contributed by atoms with Gasteiger partial charge in [-0.15, -0.1) is 0 Å². The lowest BCUT2D eigenvalue weighted by atomic mass is 10.1. The average molecular weight is 554 g/mol. The van der Waals surface area contributed by atoms with Crippen molar-refractivity contribution in [2.45, 2.75) is 26.9 Å². The molecule has 1 aromatic heterocycles. The molecule has 11 heteroatoms. The molecule has 0 aliphatic carbocycles. The minimum atomic E-state index is -0.834. The Kier molecular flexibility index (Phi) is 9.19. The van der Waals surface area contributed by atoms with Crippen molar-refractivity contribution in [2.24, 2.45) is 5.10 Å². The number of carbonyl (C=O) groups excluding carboxylic acids is 1. The van der Waals surface area contributed by atoms with E-state index in [1.807, 2.05) is 19.1 Å². The molecule has 2 N–H and O–H groups in total. The molecule has 0 bridgehead atoms. The van der Waals surface area contributed by atoms with Crippen molar-refractivity contribution < 1.29 is 19.0 Å². The largest absolute Gasteiger partial charge is 0.490 e. The molecule has 10 nitrogen and oxygen atoms in total. The van der Waals surface area contributed by atoms with Gasteiger partial charge in [-0.3, -0.25) is 9.78 Å². The molecule has 186 valence electrons. The van der Waals surface area contributed by atoms with Crippen LogP contribution in [0.2, 0.25) is 0 Å². The predicted molar refractivity (Wildman–Crippen MR) is 138 cm³/mol. The van der Waals surface area contributed by atoms with Gasteiger partial charge >= 0.3 is 5.97 Å². The SMILES string of the molecule is CCOC(=O)C(C)Oc1c(Br)cc(C=NNc2nc(-c3ccccc3)c(C#N)c(=O)[nH]2)cc1OCC. The van der Waals surface area contributed by atoms with Crippen molar-refractivity contribution in [3.63, 3.8) is 0 Å². The minimum Gasteiger partial charge on any atom is -0.490 e. The van der Waals surface area contributed by atoms with Crippen molar-refractivity contribution in [2.75, 3.05) is 18.6 Å². The van der Waals surface area contributed by atoms with Crippen LogP contribution in [0.1, 0.15) is 31.9 Å². The lowest BCUT2D eigenvalue weighted by Gasteiger charge is -2.18. The summed E-state index contributed by atoms with van der Waals surface area (Å²) in [5.41, 5.74) is 3.53. The van der Waals surface area contributed by atoms with Crippen LogP contribution >= 0.6 is 15.9 Å². The lowest BCUT2D eigenvalue weighted by Crippen LogP contribution is -2.26. The summed E-state index contributed by atoms with van der Waals surface area (Å²) in [7, 11) is 0. The number of aromatic amines is 1. The molecule has 1 atom stereocenters. The summed E-state index contributed by atoms with van der Waals surface area (Å²) in [6.07, 6.45) is 0.659. The van der Waals surface area contributed by atoms with Gasteiger partial charge in [-0.1, -0.05) is 30.3 Å². The summed E-state index contributed by atoms with van der Waals surface area (Å²) in [5.74, 6) is 0.343. The van der Waals surface area contributed by atoms with E-state index >= 15 is 0 Å². The number of carbonyl (C=O) groups is 1. The maximum Gasteiger partial charge on any atom is 0.347 e. The number of ether oxygens (including phenoxy) is 3. The fraction of sp³-hybridized carbons (Fsp3) is 0.240. The second kappa shape index (κ2) is 12.5. The number of hydrogen-bond donors (Lipinski definition) is 2. The van der Waals surface area contributed by atoms with Crippen molar-refractivity contribution >= 4 is 34.1 Å². The monoisotopic (exact) mass is 553 g/mol. The highest BCUT2D eigenvalue weighted by molar-refractivity contribution is 9.10. The highest BCUT2D eigenvalue weighted by atomic mass is 79.9. The molecular formula is C25H24BrN5O5. The maximum atomic E-state index is 12.4. The topological polar surface area (TPSA) is 139 Å². The molecule has 3 aromatic rings. The Morgan fingerprint density at radius 2 is 2.03 bits per heavy atom.